The maximum absolute atomic E-state index is 8.59. The molecular formula is C9H18O2. The van der Waals surface area contributed by atoms with Crippen molar-refractivity contribution in [3.05, 3.63) is 0 Å². The lowest BCUT2D eigenvalue weighted by atomic mass is 10.1. The molecule has 0 aliphatic carbocycles. The fraction of sp³-hybridized carbons (Fsp3) is 1.00. The largest absolute Gasteiger partial charge is 0.396 e. The monoisotopic (exact) mass is 158 g/mol. The molecule has 1 N–H and O–H groups in total. The van der Waals surface area contributed by atoms with Gasteiger partial charge in [-0.2, -0.15) is 0 Å². The van der Waals surface area contributed by atoms with E-state index in [4.69, 9.17) is 9.84 Å². The third-order valence-electron chi connectivity index (χ3n) is 2.19. The Kier molecular flexibility index (Phi) is 3.87. The average molecular weight is 158 g/mol. The summed E-state index contributed by atoms with van der Waals surface area (Å²) in [5, 5.41) is 8.59. The van der Waals surface area contributed by atoms with Gasteiger partial charge in [-0.1, -0.05) is 26.2 Å². The Morgan fingerprint density at radius 3 is 2.55 bits per heavy atom. The second-order valence-corrected chi connectivity index (χ2v) is 3.22. The maximum atomic E-state index is 8.59. The Balaban J connectivity index is 1.87. The van der Waals surface area contributed by atoms with Crippen molar-refractivity contribution in [3.63, 3.8) is 0 Å². The molecule has 1 saturated heterocycles. The number of epoxide rings is 1. The standard InChI is InChI=1S/C9H18O2/c1-2-3-4-5-8-9(11-8)6-7-10/h8-10H,2-7H2,1H3/t8-,9+/m1/s1. The van der Waals surface area contributed by atoms with Crippen LogP contribution in [0, 0.1) is 0 Å². The van der Waals surface area contributed by atoms with Crippen LogP contribution in [0.15, 0.2) is 0 Å². The van der Waals surface area contributed by atoms with Gasteiger partial charge in [-0.25, -0.2) is 0 Å². The van der Waals surface area contributed by atoms with Gasteiger partial charge in [0.05, 0.1) is 12.2 Å². The van der Waals surface area contributed by atoms with E-state index in [2.05, 4.69) is 6.92 Å². The van der Waals surface area contributed by atoms with E-state index in [-0.39, 0.29) is 6.61 Å². The van der Waals surface area contributed by atoms with E-state index < -0.39 is 0 Å². The molecule has 1 rings (SSSR count). The summed E-state index contributed by atoms with van der Waals surface area (Å²) in [4.78, 5) is 0. The Morgan fingerprint density at radius 1 is 1.18 bits per heavy atom. The van der Waals surface area contributed by atoms with E-state index in [0.717, 1.165) is 6.42 Å². The number of unbranched alkanes of at least 4 members (excludes halogenated alkanes) is 2. The lowest BCUT2D eigenvalue weighted by molar-refractivity contribution is 0.262. The lowest BCUT2D eigenvalue weighted by Crippen LogP contribution is -1.96. The molecule has 0 aromatic heterocycles. The van der Waals surface area contributed by atoms with E-state index in [1.165, 1.54) is 25.7 Å². The van der Waals surface area contributed by atoms with Crippen molar-refractivity contribution in [3.8, 4) is 0 Å². The van der Waals surface area contributed by atoms with Gasteiger partial charge in [-0.05, 0) is 12.8 Å². The molecule has 1 aliphatic heterocycles. The van der Waals surface area contributed by atoms with Crippen molar-refractivity contribution in [1.29, 1.82) is 0 Å². The second kappa shape index (κ2) is 4.73. The van der Waals surface area contributed by atoms with Gasteiger partial charge in [0, 0.05) is 6.61 Å². The zero-order valence-electron chi connectivity index (χ0n) is 7.25. The fourth-order valence-electron chi connectivity index (χ4n) is 1.41. The van der Waals surface area contributed by atoms with E-state index in [9.17, 15) is 0 Å². The Labute approximate surface area is 68.6 Å². The summed E-state index contributed by atoms with van der Waals surface area (Å²) in [7, 11) is 0. The highest BCUT2D eigenvalue weighted by molar-refractivity contribution is 4.83. The van der Waals surface area contributed by atoms with E-state index in [0.29, 0.717) is 12.2 Å². The molecule has 0 amide bonds. The summed E-state index contributed by atoms with van der Waals surface area (Å²) in [5.41, 5.74) is 0. The summed E-state index contributed by atoms with van der Waals surface area (Å²) in [5.74, 6) is 0. The van der Waals surface area contributed by atoms with Crippen LogP contribution in [0.1, 0.15) is 39.0 Å². The molecule has 0 spiro atoms. The first kappa shape index (κ1) is 9.01. The van der Waals surface area contributed by atoms with Crippen molar-refractivity contribution in [1.82, 2.24) is 0 Å². The zero-order chi connectivity index (χ0) is 8.10. The third-order valence-corrected chi connectivity index (χ3v) is 2.19. The number of hydrogen-bond acceptors (Lipinski definition) is 2. The van der Waals surface area contributed by atoms with E-state index in [1.54, 1.807) is 0 Å². The fourth-order valence-corrected chi connectivity index (χ4v) is 1.41. The second-order valence-electron chi connectivity index (χ2n) is 3.22. The Morgan fingerprint density at radius 2 is 1.91 bits per heavy atom. The van der Waals surface area contributed by atoms with Crippen LogP contribution in [-0.4, -0.2) is 23.9 Å². The van der Waals surface area contributed by atoms with Crippen LogP contribution in [-0.2, 0) is 4.74 Å². The van der Waals surface area contributed by atoms with Crippen LogP contribution in [0.2, 0.25) is 0 Å². The molecule has 66 valence electrons. The topological polar surface area (TPSA) is 32.8 Å². The van der Waals surface area contributed by atoms with Crippen molar-refractivity contribution < 1.29 is 9.84 Å². The first-order valence-electron chi connectivity index (χ1n) is 4.64. The normalized spacial score (nSPS) is 28.9. The molecule has 1 heterocycles. The van der Waals surface area contributed by atoms with Crippen LogP contribution >= 0.6 is 0 Å². The third kappa shape index (κ3) is 3.21. The van der Waals surface area contributed by atoms with Gasteiger partial charge in [-0.15, -0.1) is 0 Å². The minimum absolute atomic E-state index is 0.273. The smallest absolute Gasteiger partial charge is 0.0863 e. The quantitative estimate of drug-likeness (QED) is 0.471. The summed E-state index contributed by atoms with van der Waals surface area (Å²) in [6.07, 6.45) is 6.76. The molecule has 0 aromatic carbocycles. The minimum Gasteiger partial charge on any atom is -0.396 e. The molecule has 1 fully saturated rings. The molecule has 2 atom stereocenters. The van der Waals surface area contributed by atoms with Crippen molar-refractivity contribution in [2.45, 2.75) is 51.2 Å². The minimum atomic E-state index is 0.273. The van der Waals surface area contributed by atoms with Crippen LogP contribution in [0.25, 0.3) is 0 Å². The number of rotatable bonds is 6. The SMILES string of the molecule is CCCCC[C@H]1O[C@H]1CCO. The molecule has 2 nitrogen and oxygen atoms in total. The summed E-state index contributed by atoms with van der Waals surface area (Å²) in [6.45, 7) is 2.48. The predicted molar refractivity (Wildman–Crippen MR) is 44.5 cm³/mol. The molecular weight excluding hydrogens is 140 g/mol. The number of aliphatic hydroxyl groups excluding tert-OH is 1. The number of hydrogen-bond donors (Lipinski definition) is 1. The summed E-state index contributed by atoms with van der Waals surface area (Å²) < 4.78 is 5.34. The molecule has 11 heavy (non-hydrogen) atoms. The molecule has 0 saturated carbocycles. The summed E-state index contributed by atoms with van der Waals surface area (Å²) in [6, 6.07) is 0. The van der Waals surface area contributed by atoms with Crippen LogP contribution in [0.5, 0.6) is 0 Å². The van der Waals surface area contributed by atoms with Gasteiger partial charge in [0.25, 0.3) is 0 Å². The van der Waals surface area contributed by atoms with E-state index in [1.807, 2.05) is 0 Å². The van der Waals surface area contributed by atoms with Crippen molar-refractivity contribution in [2.24, 2.45) is 0 Å². The van der Waals surface area contributed by atoms with Gasteiger partial charge in [-0.3, -0.25) is 0 Å². The average Bonchev–Trinajstić information content (AvgIpc) is 2.70. The predicted octanol–water partition coefficient (Wildman–Crippen LogP) is 1.72. The Hall–Kier alpha value is -0.0800. The molecule has 0 radical (unpaired) electrons. The molecule has 0 unspecified atom stereocenters. The van der Waals surface area contributed by atoms with Crippen LogP contribution in [0.4, 0.5) is 0 Å². The number of ether oxygens (including phenoxy) is 1. The number of aliphatic hydroxyl groups is 1. The highest BCUT2D eigenvalue weighted by Crippen LogP contribution is 2.29. The van der Waals surface area contributed by atoms with Gasteiger partial charge >= 0.3 is 0 Å². The molecule has 1 aliphatic rings. The van der Waals surface area contributed by atoms with Crippen molar-refractivity contribution in [2.75, 3.05) is 6.61 Å². The Bertz CT molecular complexity index is 104. The summed E-state index contributed by atoms with van der Waals surface area (Å²) >= 11 is 0. The van der Waals surface area contributed by atoms with Gasteiger partial charge < -0.3 is 9.84 Å². The van der Waals surface area contributed by atoms with Crippen molar-refractivity contribution >= 4 is 0 Å². The highest BCUT2D eigenvalue weighted by Gasteiger charge is 2.36. The molecule has 0 bridgehead atoms. The first-order chi connectivity index (χ1) is 5.38. The first-order valence-corrected chi connectivity index (χ1v) is 4.64. The van der Waals surface area contributed by atoms with Gasteiger partial charge in [0.15, 0.2) is 0 Å². The zero-order valence-corrected chi connectivity index (χ0v) is 7.25. The van der Waals surface area contributed by atoms with Gasteiger partial charge in [0.1, 0.15) is 0 Å². The van der Waals surface area contributed by atoms with Gasteiger partial charge in [0.2, 0.25) is 0 Å². The maximum Gasteiger partial charge on any atom is 0.0863 e. The van der Waals surface area contributed by atoms with Crippen LogP contribution in [0.3, 0.4) is 0 Å². The highest BCUT2D eigenvalue weighted by atomic mass is 16.6. The lowest BCUT2D eigenvalue weighted by Gasteiger charge is -1.93. The van der Waals surface area contributed by atoms with Crippen LogP contribution < -0.4 is 0 Å². The molecule has 0 aromatic rings. The van der Waals surface area contributed by atoms with E-state index >= 15 is 0 Å². The molecule has 2 heteroatoms.